The lowest BCUT2D eigenvalue weighted by molar-refractivity contribution is -0.146. The largest absolute Gasteiger partial charge is 0.480 e. The van der Waals surface area contributed by atoms with Gasteiger partial charge in [-0.25, -0.2) is 4.79 Å². The van der Waals surface area contributed by atoms with Gasteiger partial charge in [0.15, 0.2) is 0 Å². The molecule has 2 heterocycles. The summed E-state index contributed by atoms with van der Waals surface area (Å²) in [5.41, 5.74) is 0. The molecule has 1 aliphatic heterocycles. The SMILES string of the molecule is O=C(O)[C@H]1CCCN1C(=O)C=Cc1cc(Br)cs1. The molecule has 0 aromatic carbocycles. The van der Waals surface area contributed by atoms with Crippen LogP contribution >= 0.6 is 27.3 Å². The van der Waals surface area contributed by atoms with Crippen molar-refractivity contribution in [1.82, 2.24) is 4.90 Å². The van der Waals surface area contributed by atoms with Crippen LogP contribution in [0.15, 0.2) is 22.0 Å². The number of likely N-dealkylation sites (tertiary alicyclic amines) is 1. The van der Waals surface area contributed by atoms with Crippen molar-refractivity contribution >= 4 is 45.2 Å². The molecule has 0 spiro atoms. The van der Waals surface area contributed by atoms with Gasteiger partial charge in [0.25, 0.3) is 0 Å². The highest BCUT2D eigenvalue weighted by Crippen LogP contribution is 2.22. The minimum atomic E-state index is -0.923. The molecule has 6 heteroatoms. The number of carboxylic acid groups (broad SMARTS) is 1. The third kappa shape index (κ3) is 3.00. The van der Waals surface area contributed by atoms with Gasteiger partial charge >= 0.3 is 5.97 Å². The van der Waals surface area contributed by atoms with Crippen molar-refractivity contribution < 1.29 is 14.7 Å². The van der Waals surface area contributed by atoms with Crippen LogP contribution in [0, 0.1) is 0 Å². The van der Waals surface area contributed by atoms with Crippen LogP contribution in [0.2, 0.25) is 0 Å². The molecule has 1 aromatic rings. The molecular weight excluding hydrogens is 318 g/mol. The van der Waals surface area contributed by atoms with E-state index < -0.39 is 12.0 Å². The molecule has 0 bridgehead atoms. The first kappa shape index (κ1) is 13.3. The first-order chi connectivity index (χ1) is 8.58. The van der Waals surface area contributed by atoms with Crippen molar-refractivity contribution in [2.24, 2.45) is 0 Å². The van der Waals surface area contributed by atoms with Gasteiger partial charge in [-0.05, 0) is 40.9 Å². The van der Waals surface area contributed by atoms with Gasteiger partial charge in [0.05, 0.1) is 0 Å². The quantitative estimate of drug-likeness (QED) is 0.867. The van der Waals surface area contributed by atoms with Gasteiger partial charge in [-0.15, -0.1) is 11.3 Å². The molecule has 0 saturated carbocycles. The standard InChI is InChI=1S/C12H12BrNO3S/c13-8-6-9(18-7-8)3-4-11(15)14-5-1-2-10(14)12(16)17/h3-4,6-7,10H,1-2,5H2,(H,16,17)/t10-/m1/s1. The van der Waals surface area contributed by atoms with Crippen LogP contribution in [-0.4, -0.2) is 34.5 Å². The number of halogens is 1. The molecule has 0 unspecified atom stereocenters. The Morgan fingerprint density at radius 2 is 2.33 bits per heavy atom. The minimum Gasteiger partial charge on any atom is -0.480 e. The van der Waals surface area contributed by atoms with Crippen LogP contribution in [0.5, 0.6) is 0 Å². The van der Waals surface area contributed by atoms with E-state index in [4.69, 9.17) is 5.11 Å². The van der Waals surface area contributed by atoms with Gasteiger partial charge in [-0.3, -0.25) is 4.79 Å². The number of nitrogens with zero attached hydrogens (tertiary/aromatic N) is 1. The van der Waals surface area contributed by atoms with E-state index in [0.717, 1.165) is 15.8 Å². The van der Waals surface area contributed by atoms with E-state index in [1.54, 1.807) is 6.08 Å². The molecule has 2 rings (SSSR count). The van der Waals surface area contributed by atoms with E-state index in [-0.39, 0.29) is 5.91 Å². The first-order valence-electron chi connectivity index (χ1n) is 5.53. The molecule has 96 valence electrons. The lowest BCUT2D eigenvalue weighted by atomic mass is 10.2. The maximum Gasteiger partial charge on any atom is 0.326 e. The Morgan fingerprint density at radius 3 is 2.94 bits per heavy atom. The second-order valence-electron chi connectivity index (χ2n) is 4.03. The van der Waals surface area contributed by atoms with Crippen LogP contribution in [0.4, 0.5) is 0 Å². The lowest BCUT2D eigenvalue weighted by Crippen LogP contribution is -2.39. The molecule has 1 N–H and O–H groups in total. The molecule has 18 heavy (non-hydrogen) atoms. The van der Waals surface area contributed by atoms with Crippen LogP contribution in [0.25, 0.3) is 6.08 Å². The molecule has 1 aromatic heterocycles. The van der Waals surface area contributed by atoms with E-state index in [2.05, 4.69) is 15.9 Å². The zero-order valence-corrected chi connectivity index (χ0v) is 11.9. The average Bonchev–Trinajstić information content (AvgIpc) is 2.94. The summed E-state index contributed by atoms with van der Waals surface area (Å²) < 4.78 is 0.976. The van der Waals surface area contributed by atoms with Crippen LogP contribution < -0.4 is 0 Å². The second kappa shape index (κ2) is 5.67. The zero-order valence-electron chi connectivity index (χ0n) is 9.51. The minimum absolute atomic E-state index is 0.232. The molecule has 4 nitrogen and oxygen atoms in total. The molecule has 1 aliphatic rings. The highest BCUT2D eigenvalue weighted by atomic mass is 79.9. The molecule has 1 fully saturated rings. The summed E-state index contributed by atoms with van der Waals surface area (Å²) in [6, 6.07) is 1.24. The second-order valence-corrected chi connectivity index (χ2v) is 5.89. The fraction of sp³-hybridized carbons (Fsp3) is 0.333. The number of aliphatic carboxylic acids is 1. The zero-order chi connectivity index (χ0) is 13.1. The number of carboxylic acids is 1. The summed E-state index contributed by atoms with van der Waals surface area (Å²) in [6.07, 6.45) is 4.45. The maximum atomic E-state index is 11.9. The Balaban J connectivity index is 2.03. The average molecular weight is 330 g/mol. The van der Waals surface area contributed by atoms with Gasteiger partial charge in [0.2, 0.25) is 5.91 Å². The van der Waals surface area contributed by atoms with Crippen molar-refractivity contribution in [3.05, 3.63) is 26.9 Å². The van der Waals surface area contributed by atoms with Crippen LogP contribution in [0.3, 0.4) is 0 Å². The first-order valence-corrected chi connectivity index (χ1v) is 7.20. The van der Waals surface area contributed by atoms with Gasteiger partial charge in [0.1, 0.15) is 6.04 Å². The summed E-state index contributed by atoms with van der Waals surface area (Å²) in [5, 5.41) is 10.9. The summed E-state index contributed by atoms with van der Waals surface area (Å²) in [6.45, 7) is 0.522. The Bertz CT molecular complexity index is 497. The number of hydrogen-bond acceptors (Lipinski definition) is 3. The smallest absolute Gasteiger partial charge is 0.326 e. The number of hydrogen-bond donors (Lipinski definition) is 1. The molecule has 0 aliphatic carbocycles. The topological polar surface area (TPSA) is 57.6 Å². The predicted octanol–water partition coefficient (Wildman–Crippen LogP) is 2.60. The fourth-order valence-electron chi connectivity index (χ4n) is 1.95. The number of thiophene rings is 1. The number of rotatable bonds is 3. The van der Waals surface area contributed by atoms with Gasteiger partial charge in [-0.2, -0.15) is 0 Å². The predicted molar refractivity (Wildman–Crippen MR) is 73.4 cm³/mol. The number of carbonyl (C=O) groups excluding carboxylic acids is 1. The number of carbonyl (C=O) groups is 2. The van der Waals surface area contributed by atoms with Crippen molar-refractivity contribution in [2.45, 2.75) is 18.9 Å². The highest BCUT2D eigenvalue weighted by Gasteiger charge is 2.32. The van der Waals surface area contributed by atoms with E-state index in [1.165, 1.54) is 22.3 Å². The third-order valence-electron chi connectivity index (χ3n) is 2.80. The summed E-state index contributed by atoms with van der Waals surface area (Å²) >= 11 is 4.86. The number of amides is 1. The fourth-order valence-corrected chi connectivity index (χ4v) is 3.29. The van der Waals surface area contributed by atoms with E-state index in [0.29, 0.717) is 13.0 Å². The van der Waals surface area contributed by atoms with Crippen molar-refractivity contribution in [2.75, 3.05) is 6.54 Å². The van der Waals surface area contributed by atoms with E-state index in [1.807, 2.05) is 11.4 Å². The van der Waals surface area contributed by atoms with Crippen LogP contribution in [0.1, 0.15) is 17.7 Å². The van der Waals surface area contributed by atoms with Crippen LogP contribution in [-0.2, 0) is 9.59 Å². The van der Waals surface area contributed by atoms with E-state index >= 15 is 0 Å². The van der Waals surface area contributed by atoms with Gasteiger partial charge < -0.3 is 10.0 Å². The Morgan fingerprint density at radius 1 is 1.56 bits per heavy atom. The highest BCUT2D eigenvalue weighted by molar-refractivity contribution is 9.10. The third-order valence-corrected chi connectivity index (χ3v) is 4.46. The van der Waals surface area contributed by atoms with E-state index in [9.17, 15) is 9.59 Å². The van der Waals surface area contributed by atoms with Crippen molar-refractivity contribution in [1.29, 1.82) is 0 Å². The summed E-state index contributed by atoms with van der Waals surface area (Å²) in [7, 11) is 0. The summed E-state index contributed by atoms with van der Waals surface area (Å²) in [4.78, 5) is 25.3. The molecule has 1 atom stereocenters. The maximum absolute atomic E-state index is 11.9. The van der Waals surface area contributed by atoms with Crippen molar-refractivity contribution in [3.63, 3.8) is 0 Å². The Kier molecular flexibility index (Phi) is 4.19. The monoisotopic (exact) mass is 329 g/mol. The summed E-state index contributed by atoms with van der Waals surface area (Å²) in [5.74, 6) is -1.16. The van der Waals surface area contributed by atoms with Gasteiger partial charge in [0, 0.05) is 27.4 Å². The van der Waals surface area contributed by atoms with Crippen molar-refractivity contribution in [3.8, 4) is 0 Å². The van der Waals surface area contributed by atoms with Gasteiger partial charge in [-0.1, -0.05) is 0 Å². The normalized spacial score (nSPS) is 19.6. The molecular formula is C12H12BrNO3S. The molecule has 1 saturated heterocycles. The lowest BCUT2D eigenvalue weighted by Gasteiger charge is -2.19. The Hall–Kier alpha value is -1.14. The molecule has 1 amide bonds. The Labute approximate surface area is 117 Å². The molecule has 0 radical (unpaired) electrons.